The molecule has 3 heteroatoms. The zero-order valence-corrected chi connectivity index (χ0v) is 10.7. The minimum absolute atomic E-state index is 0.00368. The molecule has 0 amide bonds. The monoisotopic (exact) mass is 248 g/mol. The van der Waals surface area contributed by atoms with Crippen molar-refractivity contribution >= 4 is 5.97 Å². The highest BCUT2D eigenvalue weighted by Gasteiger charge is 2.44. The van der Waals surface area contributed by atoms with Crippen molar-refractivity contribution in [3.8, 4) is 0 Å². The molecule has 1 unspecified atom stereocenters. The van der Waals surface area contributed by atoms with Crippen LogP contribution in [0.1, 0.15) is 26.2 Å². The van der Waals surface area contributed by atoms with Gasteiger partial charge in [0, 0.05) is 5.57 Å². The molecule has 1 fully saturated rings. The Labute approximate surface area is 108 Å². The molecular formula is C15H20O3. The van der Waals surface area contributed by atoms with E-state index in [1.165, 1.54) is 0 Å². The third-order valence-corrected chi connectivity index (χ3v) is 4.60. The maximum atomic E-state index is 11.0. The van der Waals surface area contributed by atoms with E-state index >= 15 is 0 Å². The molecule has 0 aromatic heterocycles. The summed E-state index contributed by atoms with van der Waals surface area (Å²) in [7, 11) is 0. The molecule has 4 atom stereocenters. The molecule has 0 saturated heterocycles. The summed E-state index contributed by atoms with van der Waals surface area (Å²) < 4.78 is 0. The maximum absolute atomic E-state index is 11.0. The predicted octanol–water partition coefficient (Wildman–Crippen LogP) is 2.54. The molecule has 0 heterocycles. The van der Waals surface area contributed by atoms with E-state index in [2.05, 4.69) is 26.2 Å². The Morgan fingerprint density at radius 3 is 2.83 bits per heavy atom. The third-order valence-electron chi connectivity index (χ3n) is 4.60. The van der Waals surface area contributed by atoms with Gasteiger partial charge < -0.3 is 10.2 Å². The van der Waals surface area contributed by atoms with Crippen LogP contribution in [-0.4, -0.2) is 22.3 Å². The largest absolute Gasteiger partial charge is 0.478 e. The average Bonchev–Trinajstić information content (AvgIpc) is 2.33. The molecule has 18 heavy (non-hydrogen) atoms. The standard InChI is InChI=1S/C15H20O3/c1-9(14(17)18)11-4-6-15(3)7-5-13(16)10(2)12(15)8-11/h5,7,11-13,16H,1-2,4,6,8H2,3H3,(H,17,18)/t11-,12?,13+,15+/m1/s1. The van der Waals surface area contributed by atoms with Crippen molar-refractivity contribution in [3.05, 3.63) is 36.5 Å². The van der Waals surface area contributed by atoms with Gasteiger partial charge in [-0.2, -0.15) is 0 Å². The van der Waals surface area contributed by atoms with E-state index in [1.54, 1.807) is 6.08 Å². The van der Waals surface area contributed by atoms with Gasteiger partial charge in [-0.3, -0.25) is 0 Å². The summed E-state index contributed by atoms with van der Waals surface area (Å²) >= 11 is 0. The molecule has 0 spiro atoms. The van der Waals surface area contributed by atoms with Crippen LogP contribution in [0.5, 0.6) is 0 Å². The van der Waals surface area contributed by atoms with Crippen molar-refractivity contribution < 1.29 is 15.0 Å². The normalized spacial score (nSPS) is 39.2. The van der Waals surface area contributed by atoms with Crippen LogP contribution >= 0.6 is 0 Å². The summed E-state index contributed by atoms with van der Waals surface area (Å²) in [5.41, 5.74) is 1.10. The van der Waals surface area contributed by atoms with Crippen molar-refractivity contribution in [2.75, 3.05) is 0 Å². The third kappa shape index (κ3) is 2.03. The number of fused-ring (bicyclic) bond motifs is 1. The number of carboxylic acids is 1. The number of allylic oxidation sites excluding steroid dienone is 1. The molecule has 2 rings (SSSR count). The summed E-state index contributed by atoms with van der Waals surface area (Å²) in [5.74, 6) is -0.774. The number of aliphatic hydroxyl groups excluding tert-OH is 1. The molecule has 0 aromatic carbocycles. The van der Waals surface area contributed by atoms with Crippen molar-refractivity contribution in [2.45, 2.75) is 32.3 Å². The number of rotatable bonds is 2. The highest BCUT2D eigenvalue weighted by atomic mass is 16.4. The van der Waals surface area contributed by atoms with E-state index in [-0.39, 0.29) is 22.8 Å². The van der Waals surface area contributed by atoms with Gasteiger partial charge >= 0.3 is 5.97 Å². The zero-order chi connectivity index (χ0) is 13.5. The molecule has 0 aliphatic heterocycles. The predicted molar refractivity (Wildman–Crippen MR) is 70.0 cm³/mol. The topological polar surface area (TPSA) is 57.5 Å². The highest BCUT2D eigenvalue weighted by molar-refractivity contribution is 5.86. The highest BCUT2D eigenvalue weighted by Crippen LogP contribution is 2.51. The van der Waals surface area contributed by atoms with E-state index in [0.29, 0.717) is 0 Å². The van der Waals surface area contributed by atoms with Gasteiger partial charge in [-0.1, -0.05) is 32.2 Å². The number of aliphatic carboxylic acids is 1. The second-order valence-electron chi connectivity index (χ2n) is 5.74. The molecule has 0 bridgehead atoms. The number of aliphatic hydroxyl groups is 1. The molecule has 3 nitrogen and oxygen atoms in total. The smallest absolute Gasteiger partial charge is 0.331 e. The Hall–Kier alpha value is -1.35. The number of carbonyl (C=O) groups is 1. The molecular weight excluding hydrogens is 228 g/mol. The van der Waals surface area contributed by atoms with Crippen LogP contribution in [0, 0.1) is 17.3 Å². The lowest BCUT2D eigenvalue weighted by molar-refractivity contribution is -0.133. The van der Waals surface area contributed by atoms with E-state index in [1.807, 2.05) is 0 Å². The summed E-state index contributed by atoms with van der Waals surface area (Å²) in [5, 5.41) is 18.9. The van der Waals surface area contributed by atoms with Crippen LogP contribution in [0.2, 0.25) is 0 Å². The first-order valence-electron chi connectivity index (χ1n) is 6.33. The minimum Gasteiger partial charge on any atom is -0.478 e. The lowest BCUT2D eigenvalue weighted by Crippen LogP contribution is -2.40. The van der Waals surface area contributed by atoms with Crippen LogP contribution in [0.4, 0.5) is 0 Å². The second kappa shape index (κ2) is 4.39. The number of hydrogen-bond donors (Lipinski definition) is 2. The van der Waals surface area contributed by atoms with E-state index < -0.39 is 12.1 Å². The lowest BCUT2D eigenvalue weighted by Gasteiger charge is -2.47. The van der Waals surface area contributed by atoms with E-state index in [9.17, 15) is 9.90 Å². The molecule has 2 aliphatic rings. The molecule has 2 aliphatic carbocycles. The molecule has 0 radical (unpaired) electrons. The lowest BCUT2D eigenvalue weighted by atomic mass is 9.58. The van der Waals surface area contributed by atoms with Crippen LogP contribution in [-0.2, 0) is 4.79 Å². The Morgan fingerprint density at radius 2 is 2.22 bits per heavy atom. The van der Waals surface area contributed by atoms with Gasteiger partial charge in [0.1, 0.15) is 0 Å². The second-order valence-corrected chi connectivity index (χ2v) is 5.74. The van der Waals surface area contributed by atoms with Crippen LogP contribution < -0.4 is 0 Å². The summed E-state index contributed by atoms with van der Waals surface area (Å²) in [6, 6.07) is 0. The van der Waals surface area contributed by atoms with Gasteiger partial charge in [0.15, 0.2) is 0 Å². The first-order chi connectivity index (χ1) is 8.35. The quantitative estimate of drug-likeness (QED) is 0.583. The van der Waals surface area contributed by atoms with Crippen LogP contribution in [0.15, 0.2) is 36.5 Å². The van der Waals surface area contributed by atoms with Crippen molar-refractivity contribution in [2.24, 2.45) is 17.3 Å². The van der Waals surface area contributed by atoms with Crippen molar-refractivity contribution in [1.29, 1.82) is 0 Å². The van der Waals surface area contributed by atoms with Crippen molar-refractivity contribution in [3.63, 3.8) is 0 Å². The van der Waals surface area contributed by atoms with Crippen LogP contribution in [0.3, 0.4) is 0 Å². The van der Waals surface area contributed by atoms with Gasteiger partial charge in [0.05, 0.1) is 6.10 Å². The van der Waals surface area contributed by atoms with E-state index in [4.69, 9.17) is 5.11 Å². The SMILES string of the molecule is C=C(C(=O)O)[C@@H]1CC[C@@]2(C)C=C[C@H](O)C(=C)C2C1. The van der Waals surface area contributed by atoms with Gasteiger partial charge in [-0.05, 0) is 42.1 Å². The summed E-state index contributed by atoms with van der Waals surface area (Å²) in [4.78, 5) is 11.0. The van der Waals surface area contributed by atoms with Crippen LogP contribution in [0.25, 0.3) is 0 Å². The number of hydrogen-bond acceptors (Lipinski definition) is 2. The van der Waals surface area contributed by atoms with E-state index in [0.717, 1.165) is 24.8 Å². The Balaban J connectivity index is 2.22. The van der Waals surface area contributed by atoms with Gasteiger partial charge in [0.25, 0.3) is 0 Å². The Morgan fingerprint density at radius 1 is 1.56 bits per heavy atom. The fraction of sp³-hybridized carbons (Fsp3) is 0.533. The zero-order valence-electron chi connectivity index (χ0n) is 10.7. The van der Waals surface area contributed by atoms with Gasteiger partial charge in [0.2, 0.25) is 0 Å². The van der Waals surface area contributed by atoms with Gasteiger partial charge in [-0.15, -0.1) is 0 Å². The minimum atomic E-state index is -0.916. The Kier molecular flexibility index (Phi) is 3.20. The maximum Gasteiger partial charge on any atom is 0.331 e. The fourth-order valence-corrected chi connectivity index (χ4v) is 3.24. The first-order valence-corrected chi connectivity index (χ1v) is 6.33. The van der Waals surface area contributed by atoms with Crippen molar-refractivity contribution in [1.82, 2.24) is 0 Å². The molecule has 1 saturated carbocycles. The molecule has 2 N–H and O–H groups in total. The summed E-state index contributed by atoms with van der Waals surface area (Å²) in [6.45, 7) is 9.82. The number of carboxylic acid groups (broad SMARTS) is 1. The fourth-order valence-electron chi connectivity index (χ4n) is 3.24. The Bertz CT molecular complexity index is 435. The average molecular weight is 248 g/mol. The molecule has 98 valence electrons. The summed E-state index contributed by atoms with van der Waals surface area (Å²) in [6.07, 6.45) is 5.74. The molecule has 0 aromatic rings. The van der Waals surface area contributed by atoms with Gasteiger partial charge in [-0.25, -0.2) is 4.79 Å². The first kappa shape index (κ1) is 13.1.